The first-order chi connectivity index (χ1) is 25.8. The van der Waals surface area contributed by atoms with Crippen LogP contribution in [0, 0.1) is 0 Å². The first kappa shape index (κ1) is 50.9. The molecule has 6 heterocycles. The number of nitrogens with zero attached hydrogens (tertiary/aromatic N) is 6. The van der Waals surface area contributed by atoms with E-state index in [0.29, 0.717) is 0 Å². The zero-order valence-electron chi connectivity index (χ0n) is 28.5. The van der Waals surface area contributed by atoms with Crippen molar-refractivity contribution in [3.63, 3.8) is 0 Å². The summed E-state index contributed by atoms with van der Waals surface area (Å²) in [6.07, 6.45) is 8.69. The SMILES string of the molecule is O=C(O)c1ccccn1.O=C(O)c1ccccn1.O=C(O)c1ccccn1.O=C(O)c1ccccn1.O=C(O)c1ccccn1.O=C(O)c1ccccn1.[Cr].[Cr]. The predicted octanol–water partition coefficient (Wildman–Crippen LogP) is 4.67. The molecule has 20 heteroatoms. The Balaban J connectivity index is 0. The summed E-state index contributed by atoms with van der Waals surface area (Å²) in [4.78, 5) is 82.3. The third kappa shape index (κ3) is 23.4. The number of pyridine rings is 6. The van der Waals surface area contributed by atoms with Gasteiger partial charge in [0, 0.05) is 71.9 Å². The van der Waals surface area contributed by atoms with Gasteiger partial charge in [-0.1, -0.05) is 36.4 Å². The van der Waals surface area contributed by atoms with E-state index in [4.69, 9.17) is 30.6 Å². The molecule has 18 nitrogen and oxygen atoms in total. The molecule has 0 unspecified atom stereocenters. The Labute approximate surface area is 339 Å². The molecule has 0 saturated carbocycles. The molecule has 0 fully saturated rings. The number of hydrogen-bond acceptors (Lipinski definition) is 12. The Morgan fingerprint density at radius 1 is 0.268 bits per heavy atom. The maximum atomic E-state index is 10.1. The number of carboxylic acids is 6. The molecule has 288 valence electrons. The van der Waals surface area contributed by atoms with Crippen LogP contribution in [0.4, 0.5) is 0 Å². The van der Waals surface area contributed by atoms with Crippen molar-refractivity contribution in [2.45, 2.75) is 0 Å². The van der Waals surface area contributed by atoms with Crippen LogP contribution in [-0.4, -0.2) is 96.4 Å². The molecule has 0 aromatic carbocycles. The van der Waals surface area contributed by atoms with Crippen molar-refractivity contribution >= 4 is 35.8 Å². The number of carbonyl (C=O) groups is 6. The summed E-state index contributed by atoms with van der Waals surface area (Å²) >= 11 is 0. The Hall–Kier alpha value is -7.22. The zero-order chi connectivity index (χ0) is 40.1. The van der Waals surface area contributed by atoms with Crippen LogP contribution in [0.3, 0.4) is 0 Å². The smallest absolute Gasteiger partial charge is 0.354 e. The number of hydrogen-bond donors (Lipinski definition) is 6. The van der Waals surface area contributed by atoms with Gasteiger partial charge in [-0.05, 0) is 72.8 Å². The van der Waals surface area contributed by atoms with Crippen molar-refractivity contribution in [3.05, 3.63) is 181 Å². The molecular formula is C36H30Cr2N6O12. The topological polar surface area (TPSA) is 301 Å². The number of carboxylic acid groups (broad SMARTS) is 6. The van der Waals surface area contributed by atoms with Gasteiger partial charge in [0.15, 0.2) is 0 Å². The van der Waals surface area contributed by atoms with Crippen LogP contribution >= 0.6 is 0 Å². The third-order valence-corrected chi connectivity index (χ3v) is 5.30. The van der Waals surface area contributed by atoms with E-state index in [-0.39, 0.29) is 68.9 Å². The van der Waals surface area contributed by atoms with Gasteiger partial charge in [-0.2, -0.15) is 0 Å². The molecule has 6 rings (SSSR count). The van der Waals surface area contributed by atoms with E-state index in [2.05, 4.69) is 29.9 Å². The van der Waals surface area contributed by atoms with Gasteiger partial charge in [0.1, 0.15) is 34.2 Å². The average Bonchev–Trinajstić information content (AvgIpc) is 3.21. The average molecular weight is 843 g/mol. The van der Waals surface area contributed by atoms with Gasteiger partial charge in [-0.3, -0.25) is 0 Å². The molecule has 6 N–H and O–H groups in total. The van der Waals surface area contributed by atoms with Gasteiger partial charge in [0.05, 0.1) is 0 Å². The molecule has 0 aliphatic heterocycles. The molecule has 0 spiro atoms. The van der Waals surface area contributed by atoms with Crippen LogP contribution in [0.25, 0.3) is 0 Å². The molecular weight excluding hydrogens is 812 g/mol. The van der Waals surface area contributed by atoms with Crippen molar-refractivity contribution < 1.29 is 94.1 Å². The van der Waals surface area contributed by atoms with Gasteiger partial charge in [-0.25, -0.2) is 58.7 Å². The standard InChI is InChI=1S/6C6H5NO2.2Cr/c6*8-6(9)5-3-1-2-4-7-5;;/h6*1-4H,(H,8,9);;. The first-order valence-corrected chi connectivity index (χ1v) is 14.7. The van der Waals surface area contributed by atoms with E-state index in [1.54, 1.807) is 72.8 Å². The Kier molecular flexibility index (Phi) is 27.5. The second-order valence-electron chi connectivity index (χ2n) is 9.12. The Morgan fingerprint density at radius 3 is 0.446 bits per heavy atom. The van der Waals surface area contributed by atoms with Crippen LogP contribution in [0.2, 0.25) is 0 Å². The van der Waals surface area contributed by atoms with Crippen molar-refractivity contribution in [2.75, 3.05) is 0 Å². The fraction of sp³-hybridized carbons (Fsp3) is 0. The summed E-state index contributed by atoms with van der Waals surface area (Å²) in [5, 5.41) is 49.9. The summed E-state index contributed by atoms with van der Waals surface area (Å²) in [5.41, 5.74) is 0.486. The largest absolute Gasteiger partial charge is 0.477 e. The minimum Gasteiger partial charge on any atom is -0.477 e. The molecule has 0 bridgehead atoms. The summed E-state index contributed by atoms with van der Waals surface area (Å²) in [6, 6.07) is 28.5. The van der Waals surface area contributed by atoms with Crippen LogP contribution in [0.15, 0.2) is 146 Å². The van der Waals surface area contributed by atoms with Gasteiger partial charge < -0.3 is 30.6 Å². The normalized spacial score (nSPS) is 8.57. The van der Waals surface area contributed by atoms with Gasteiger partial charge in [0.2, 0.25) is 0 Å². The maximum Gasteiger partial charge on any atom is 0.354 e. The van der Waals surface area contributed by atoms with E-state index >= 15 is 0 Å². The second kappa shape index (κ2) is 30.3. The van der Waals surface area contributed by atoms with Crippen LogP contribution in [0.1, 0.15) is 62.9 Å². The molecule has 0 aliphatic carbocycles. The summed E-state index contributed by atoms with van der Waals surface area (Å²) in [5.74, 6) is -5.94. The minimum atomic E-state index is -0.990. The van der Waals surface area contributed by atoms with Crippen molar-refractivity contribution in [3.8, 4) is 0 Å². The van der Waals surface area contributed by atoms with Crippen molar-refractivity contribution in [2.24, 2.45) is 0 Å². The molecule has 0 radical (unpaired) electrons. The fourth-order valence-corrected chi connectivity index (χ4v) is 2.94. The summed E-state index contributed by atoms with van der Waals surface area (Å²) in [7, 11) is 0. The monoisotopic (exact) mass is 842 g/mol. The molecule has 0 atom stereocenters. The van der Waals surface area contributed by atoms with Crippen molar-refractivity contribution in [1.82, 2.24) is 29.9 Å². The van der Waals surface area contributed by atoms with Crippen molar-refractivity contribution in [1.29, 1.82) is 0 Å². The van der Waals surface area contributed by atoms with E-state index in [9.17, 15) is 28.8 Å². The molecule has 6 aromatic rings. The Bertz CT molecular complexity index is 1640. The molecule has 6 aromatic heterocycles. The number of aromatic carboxylic acids is 6. The van der Waals surface area contributed by atoms with E-state index in [0.717, 1.165) is 0 Å². The molecule has 0 aliphatic rings. The van der Waals surface area contributed by atoms with Gasteiger partial charge in [0.25, 0.3) is 0 Å². The van der Waals surface area contributed by atoms with Gasteiger partial charge >= 0.3 is 35.8 Å². The van der Waals surface area contributed by atoms with E-state index in [1.165, 1.54) is 73.6 Å². The molecule has 56 heavy (non-hydrogen) atoms. The summed E-state index contributed by atoms with van der Waals surface area (Å²) < 4.78 is 0. The van der Waals surface area contributed by atoms with E-state index in [1.807, 2.05) is 0 Å². The molecule has 0 saturated heterocycles. The Morgan fingerprint density at radius 2 is 0.393 bits per heavy atom. The second-order valence-corrected chi connectivity index (χ2v) is 9.12. The minimum absolute atomic E-state index is 0. The number of aromatic nitrogens is 6. The van der Waals surface area contributed by atoms with E-state index < -0.39 is 35.8 Å². The predicted molar refractivity (Wildman–Crippen MR) is 187 cm³/mol. The fourth-order valence-electron chi connectivity index (χ4n) is 2.94. The number of rotatable bonds is 6. The quantitative estimate of drug-likeness (QED) is 0.133. The van der Waals surface area contributed by atoms with Gasteiger partial charge in [-0.15, -0.1) is 0 Å². The summed E-state index contributed by atoms with van der Waals surface area (Å²) in [6.45, 7) is 0. The van der Waals surface area contributed by atoms with Crippen LogP contribution in [-0.2, 0) is 34.7 Å². The van der Waals surface area contributed by atoms with Crippen LogP contribution in [0.5, 0.6) is 0 Å². The first-order valence-electron chi connectivity index (χ1n) is 14.7. The van der Waals surface area contributed by atoms with Crippen LogP contribution < -0.4 is 0 Å². The zero-order valence-corrected chi connectivity index (χ0v) is 31.0. The molecule has 0 amide bonds. The maximum absolute atomic E-state index is 10.1. The third-order valence-electron chi connectivity index (χ3n) is 5.30.